The van der Waals surface area contributed by atoms with E-state index in [1.54, 1.807) is 0 Å². The first kappa shape index (κ1) is 42.7. The van der Waals surface area contributed by atoms with Gasteiger partial charge in [0.1, 0.15) is 0 Å². The Hall–Kier alpha value is -1.40. The van der Waals surface area contributed by atoms with Gasteiger partial charge in [0.25, 0.3) is 0 Å². The fraction of sp³-hybridized carbons (Fsp3) is 0.737. The number of aliphatic hydroxyl groups excluding tert-OH is 1. The number of nitrogens with zero attached hydrogens (tertiary/aromatic N) is 4. The maximum absolute atomic E-state index is 10.4. The van der Waals surface area contributed by atoms with Crippen LogP contribution in [0, 0.1) is 0 Å². The monoisotopic (exact) mass is 588 g/mol. The normalized spacial score (nSPS) is 11.9. The summed E-state index contributed by atoms with van der Waals surface area (Å²) in [7, 11) is 24.6. The van der Waals surface area contributed by atoms with E-state index in [2.05, 4.69) is 53.8 Å². The van der Waals surface area contributed by atoms with Crippen LogP contribution in [0.15, 0.2) is 0 Å². The van der Waals surface area contributed by atoms with Crippen molar-refractivity contribution in [2.75, 3.05) is 6.61 Å². The molecule has 0 aliphatic carbocycles. The van der Waals surface area contributed by atoms with Gasteiger partial charge in [-0.1, -0.05) is 0 Å². The molecule has 18 heteroatoms. The molecule has 0 aromatic heterocycles. The molecule has 0 bridgehead atoms. The molecule has 0 amide bonds. The molecule has 4 unspecified atom stereocenters. The van der Waals surface area contributed by atoms with E-state index >= 15 is 0 Å². The maximum atomic E-state index is 10.4. The molecule has 0 aromatic rings. The van der Waals surface area contributed by atoms with E-state index in [9.17, 15) is 24.0 Å². The first-order valence-electron chi connectivity index (χ1n) is 10.5. The van der Waals surface area contributed by atoms with Crippen molar-refractivity contribution < 1.29 is 39.3 Å². The Kier molecular flexibility index (Phi) is 33.6. The number of Topliss-reactive ketones (excluding diaryl/α,β-unsaturated/α-hetero) is 3. The molecule has 4 radical (unpaired) electrons. The fourth-order valence-corrected chi connectivity index (χ4v) is 2.49. The van der Waals surface area contributed by atoms with Crippen LogP contribution in [-0.2, 0) is 24.0 Å². The summed E-state index contributed by atoms with van der Waals surface area (Å²) in [6.45, 7) is 4.18. The molecule has 12 nitrogen and oxygen atoms in total. The van der Waals surface area contributed by atoms with E-state index in [1.807, 2.05) is 0 Å². The Morgan fingerprint density at radius 3 is 1.11 bits per heavy atom. The fourth-order valence-electron chi connectivity index (χ4n) is 1.80. The summed E-state index contributed by atoms with van der Waals surface area (Å²) >= 11 is 0. The van der Waals surface area contributed by atoms with Gasteiger partial charge in [-0.15, -0.1) is 0 Å². The average molecular weight is 588 g/mol. The second kappa shape index (κ2) is 29.2. The number of ketones is 3. The molecule has 0 rings (SSSR count). The van der Waals surface area contributed by atoms with Crippen molar-refractivity contribution in [1.29, 1.82) is 0 Å². The van der Waals surface area contributed by atoms with Gasteiger partial charge >= 0.3 is 228 Å². The Bertz CT molecular complexity index is 835. The number of carboxylic acids is 2. The van der Waals surface area contributed by atoms with Gasteiger partial charge < -0.3 is 0 Å². The van der Waals surface area contributed by atoms with Crippen LogP contribution in [0.1, 0.15) is 46.5 Å². The van der Waals surface area contributed by atoms with Gasteiger partial charge in [0.15, 0.2) is 0 Å². The minimum atomic E-state index is -1.12. The summed E-state index contributed by atoms with van der Waals surface area (Å²) in [5.74, 6) is -2.10. The van der Waals surface area contributed by atoms with E-state index in [1.165, 1.54) is 20.8 Å². The van der Waals surface area contributed by atoms with Crippen molar-refractivity contribution in [2.45, 2.75) is 83.3 Å². The van der Waals surface area contributed by atoms with Crippen LogP contribution >= 0.6 is 35.5 Å². The van der Waals surface area contributed by atoms with Crippen molar-refractivity contribution in [3.8, 4) is 0 Å². The average Bonchev–Trinajstić information content (AvgIpc) is 2.83. The summed E-state index contributed by atoms with van der Waals surface area (Å²) in [6.07, 6.45) is 1.18. The quantitative estimate of drug-likeness (QED) is 0.215. The number of hydrogen-bond acceptors (Lipinski definition) is 6. The first-order valence-corrected chi connectivity index (χ1v) is 12.1. The second-order valence-corrected chi connectivity index (χ2v) is 8.17. The van der Waals surface area contributed by atoms with E-state index in [0.29, 0.717) is 12.7 Å². The zero-order valence-electron chi connectivity index (χ0n) is 20.9. The number of carbonyl (C=O) groups excluding carboxylic acids is 3. The molecule has 0 aliphatic rings. The van der Waals surface area contributed by atoms with E-state index < -0.39 is 18.0 Å². The number of carboxylic acid groups (broad SMARTS) is 2. The molecular weight excluding hydrogens is 558 g/mol. The van der Waals surface area contributed by atoms with Gasteiger partial charge in [0.2, 0.25) is 0 Å². The number of rotatable bonds is 12. The number of carbonyl (C=O) groups is 5. The predicted octanol–water partition coefficient (Wildman–Crippen LogP) is 4.88. The van der Waals surface area contributed by atoms with Crippen molar-refractivity contribution in [3.05, 3.63) is 18.3 Å². The topological polar surface area (TPSA) is 163 Å². The predicted molar refractivity (Wildman–Crippen MR) is 150 cm³/mol. The third kappa shape index (κ3) is 34.6. The van der Waals surface area contributed by atoms with Crippen molar-refractivity contribution in [2.24, 2.45) is 0 Å². The SMILES string of the molecule is CC(=O)CC(CO)[N+]#P.CC(=O)CC([N+]#P)C(=O)O.[B]CC(CC(=O)O)[N+]#P.[B]CC(CC(C)=O)[N+]#P. The van der Waals surface area contributed by atoms with Crippen LogP contribution in [0.25, 0.3) is 18.3 Å². The van der Waals surface area contributed by atoms with Gasteiger partial charge in [0, 0.05) is 0 Å². The van der Waals surface area contributed by atoms with Gasteiger partial charge in [-0.3, -0.25) is 0 Å². The van der Waals surface area contributed by atoms with Gasteiger partial charge in [-0.05, 0) is 0 Å². The van der Waals surface area contributed by atoms with E-state index in [0.717, 1.165) is 0 Å². The van der Waals surface area contributed by atoms with Crippen molar-refractivity contribution >= 4 is 80.5 Å². The molecule has 0 saturated carbocycles. The van der Waals surface area contributed by atoms with E-state index in [-0.39, 0.29) is 67.7 Å². The summed E-state index contributed by atoms with van der Waals surface area (Å²) < 4.78 is 13.7. The van der Waals surface area contributed by atoms with Crippen LogP contribution in [0.3, 0.4) is 0 Å². The van der Waals surface area contributed by atoms with Crippen LogP contribution in [0.5, 0.6) is 0 Å². The zero-order valence-corrected chi connectivity index (χ0v) is 24.5. The summed E-state index contributed by atoms with van der Waals surface area (Å²) in [6, 6.07) is -1.79. The molecule has 0 saturated heterocycles. The van der Waals surface area contributed by atoms with Crippen LogP contribution < -0.4 is 0 Å². The first-order chi connectivity index (χ1) is 17.2. The van der Waals surface area contributed by atoms with E-state index in [4.69, 9.17) is 31.0 Å². The molecule has 3 N–H and O–H groups in total. The molecular formula is C19H30B2N4O8P4+4. The number of hydrogen-bond donors (Lipinski definition) is 3. The standard InChI is InChI=1S/C5H8BNOP.C5H6NO3P.C5H9NO2P.C4H5BNO2P/c1-4(8)2-5(3-6)7-9;1-3(7)2-4(6-10)5(8)9;1-4(8)2-5(3-7)6-9;5-2-3(6-9)1-4(7)8/h5H,2-3H2,1H3;4H,2H2,1H3;5,7H,2-3H2,1H3;3H,1-2H2/q+1;;+1;/p+2. The Balaban J connectivity index is -0.000000196. The second-order valence-electron chi connectivity index (χ2n) is 7.25. The molecule has 0 heterocycles. The summed E-state index contributed by atoms with van der Waals surface area (Å²) in [5, 5.41) is 25.0. The molecule has 4 atom stereocenters. The van der Waals surface area contributed by atoms with Gasteiger partial charge in [0.05, 0.1) is 0 Å². The molecule has 196 valence electrons. The third-order valence-electron chi connectivity index (χ3n) is 3.61. The molecule has 0 aliphatic heterocycles. The minimum absolute atomic E-state index is 0.0202. The number of aliphatic hydroxyl groups is 1. The summed E-state index contributed by atoms with van der Waals surface area (Å²) in [5.41, 5.74) is 0. The Morgan fingerprint density at radius 1 is 0.649 bits per heavy atom. The molecule has 0 aromatic carbocycles. The van der Waals surface area contributed by atoms with Crippen LogP contribution in [0.4, 0.5) is 0 Å². The molecule has 0 spiro atoms. The number of aliphatic carboxylic acids is 2. The van der Waals surface area contributed by atoms with Crippen LogP contribution in [0.2, 0.25) is 12.6 Å². The third-order valence-corrected chi connectivity index (χ3v) is 4.87. The van der Waals surface area contributed by atoms with Crippen molar-refractivity contribution in [1.82, 2.24) is 0 Å². The summed E-state index contributed by atoms with van der Waals surface area (Å²) in [4.78, 5) is 51.3. The van der Waals surface area contributed by atoms with Gasteiger partial charge in [-0.2, -0.15) is 0 Å². The molecule has 0 fully saturated rings. The Morgan fingerprint density at radius 2 is 1.00 bits per heavy atom. The Labute approximate surface area is 227 Å². The molecule has 37 heavy (non-hydrogen) atoms. The van der Waals surface area contributed by atoms with Crippen LogP contribution in [-0.4, -0.2) is 91.1 Å². The zero-order chi connectivity index (χ0) is 30.0. The van der Waals surface area contributed by atoms with Crippen molar-refractivity contribution in [3.63, 3.8) is 0 Å². The van der Waals surface area contributed by atoms with Gasteiger partial charge in [-0.25, -0.2) is 0 Å².